The maximum Gasteiger partial charge on any atom is 0.240 e. The second kappa shape index (κ2) is 4.87. The second-order valence-corrected chi connectivity index (χ2v) is 6.58. The van der Waals surface area contributed by atoms with Gasteiger partial charge >= 0.3 is 0 Å². The number of sulfonamides is 1. The number of anilines is 1. The third kappa shape index (κ3) is 2.50. The van der Waals surface area contributed by atoms with E-state index < -0.39 is 10.0 Å². The molecule has 0 aromatic heterocycles. The van der Waals surface area contributed by atoms with Gasteiger partial charge < -0.3 is 11.1 Å². The molecule has 100 valence electrons. The predicted octanol–water partition coefficient (Wildman–Crippen LogP) is 0.888. The summed E-state index contributed by atoms with van der Waals surface area (Å²) in [6.07, 6.45) is 3.33. The van der Waals surface area contributed by atoms with Crippen molar-refractivity contribution >= 4 is 15.7 Å². The van der Waals surface area contributed by atoms with Crippen LogP contribution in [-0.4, -0.2) is 27.5 Å². The SMILES string of the molecule is CNS(=O)(=O)c1ccc(NC2(CN)CCC2)cc1. The Hall–Kier alpha value is -1.11. The van der Waals surface area contributed by atoms with E-state index in [1.807, 2.05) is 0 Å². The molecule has 0 saturated heterocycles. The standard InChI is InChI=1S/C12H19N3O2S/c1-14-18(16,17)11-5-3-10(4-6-11)15-12(9-13)7-2-8-12/h3-6,14-15H,2,7-9,13H2,1H3. The number of hydrogen-bond donors (Lipinski definition) is 3. The van der Waals surface area contributed by atoms with E-state index in [0.29, 0.717) is 6.54 Å². The smallest absolute Gasteiger partial charge is 0.240 e. The molecular formula is C12H19N3O2S. The largest absolute Gasteiger partial charge is 0.378 e. The topological polar surface area (TPSA) is 84.2 Å². The highest BCUT2D eigenvalue weighted by Gasteiger charge is 2.35. The van der Waals surface area contributed by atoms with Crippen molar-refractivity contribution in [3.8, 4) is 0 Å². The van der Waals surface area contributed by atoms with E-state index in [4.69, 9.17) is 5.73 Å². The minimum atomic E-state index is -3.36. The van der Waals surface area contributed by atoms with Crippen molar-refractivity contribution in [2.45, 2.75) is 29.7 Å². The fourth-order valence-corrected chi connectivity index (χ4v) is 2.86. The van der Waals surface area contributed by atoms with Crippen LogP contribution in [0.25, 0.3) is 0 Å². The molecule has 4 N–H and O–H groups in total. The molecule has 0 atom stereocenters. The third-order valence-corrected chi connectivity index (χ3v) is 4.97. The van der Waals surface area contributed by atoms with Crippen LogP contribution in [0.2, 0.25) is 0 Å². The Morgan fingerprint density at radius 1 is 1.28 bits per heavy atom. The van der Waals surface area contributed by atoms with Crippen LogP contribution in [0.1, 0.15) is 19.3 Å². The Bertz CT molecular complexity index is 501. The number of nitrogens with two attached hydrogens (primary N) is 1. The second-order valence-electron chi connectivity index (χ2n) is 4.69. The fraction of sp³-hybridized carbons (Fsp3) is 0.500. The van der Waals surface area contributed by atoms with Crippen LogP contribution in [-0.2, 0) is 10.0 Å². The molecular weight excluding hydrogens is 250 g/mol. The van der Waals surface area contributed by atoms with Crippen LogP contribution in [0.15, 0.2) is 29.2 Å². The third-order valence-electron chi connectivity index (χ3n) is 3.54. The summed E-state index contributed by atoms with van der Waals surface area (Å²) >= 11 is 0. The summed E-state index contributed by atoms with van der Waals surface area (Å²) < 4.78 is 25.4. The molecule has 0 aliphatic heterocycles. The fourth-order valence-electron chi connectivity index (χ4n) is 2.13. The lowest BCUT2D eigenvalue weighted by Crippen LogP contribution is -2.51. The molecule has 0 bridgehead atoms. The first-order chi connectivity index (χ1) is 8.51. The van der Waals surface area contributed by atoms with Gasteiger partial charge in [0, 0.05) is 17.8 Å². The molecule has 0 amide bonds. The summed E-state index contributed by atoms with van der Waals surface area (Å²) in [7, 11) is -1.96. The van der Waals surface area contributed by atoms with Crippen molar-refractivity contribution in [1.29, 1.82) is 0 Å². The van der Waals surface area contributed by atoms with Gasteiger partial charge in [0.05, 0.1) is 4.90 Å². The van der Waals surface area contributed by atoms with Gasteiger partial charge in [0.15, 0.2) is 0 Å². The van der Waals surface area contributed by atoms with Crippen LogP contribution in [0.3, 0.4) is 0 Å². The van der Waals surface area contributed by atoms with Gasteiger partial charge in [-0.1, -0.05) is 0 Å². The Labute approximate surface area is 108 Å². The molecule has 0 spiro atoms. The van der Waals surface area contributed by atoms with Gasteiger partial charge in [-0.25, -0.2) is 13.1 Å². The monoisotopic (exact) mass is 269 g/mol. The van der Waals surface area contributed by atoms with Crippen molar-refractivity contribution in [3.63, 3.8) is 0 Å². The van der Waals surface area contributed by atoms with Gasteiger partial charge in [0.25, 0.3) is 0 Å². The molecule has 5 nitrogen and oxygen atoms in total. The van der Waals surface area contributed by atoms with Crippen molar-refractivity contribution in [1.82, 2.24) is 4.72 Å². The number of nitrogens with one attached hydrogen (secondary N) is 2. The van der Waals surface area contributed by atoms with E-state index >= 15 is 0 Å². The molecule has 1 aromatic rings. The Morgan fingerprint density at radius 2 is 1.89 bits per heavy atom. The average Bonchev–Trinajstić information content (AvgIpc) is 2.34. The van der Waals surface area contributed by atoms with Crippen LogP contribution < -0.4 is 15.8 Å². The molecule has 1 aliphatic carbocycles. The molecule has 0 unspecified atom stereocenters. The number of rotatable bonds is 5. The van der Waals surface area contributed by atoms with Gasteiger partial charge in [0.1, 0.15) is 0 Å². The minimum absolute atomic E-state index is 0.00337. The molecule has 0 heterocycles. The Morgan fingerprint density at radius 3 is 2.28 bits per heavy atom. The van der Waals surface area contributed by atoms with E-state index in [9.17, 15) is 8.42 Å². The normalized spacial score (nSPS) is 18.1. The van der Waals surface area contributed by atoms with Crippen LogP contribution in [0, 0.1) is 0 Å². The lowest BCUT2D eigenvalue weighted by atomic mass is 9.76. The molecule has 1 saturated carbocycles. The summed E-state index contributed by atoms with van der Waals surface area (Å²) in [5.74, 6) is 0. The Kier molecular flexibility index (Phi) is 3.61. The van der Waals surface area contributed by atoms with E-state index in [0.717, 1.165) is 18.5 Å². The summed E-state index contributed by atoms with van der Waals surface area (Å²) in [4.78, 5) is 0.269. The molecule has 1 aliphatic rings. The molecule has 1 fully saturated rings. The molecule has 2 rings (SSSR count). The molecule has 18 heavy (non-hydrogen) atoms. The van der Waals surface area contributed by atoms with Crippen LogP contribution >= 0.6 is 0 Å². The van der Waals surface area contributed by atoms with Crippen molar-refractivity contribution in [2.75, 3.05) is 18.9 Å². The van der Waals surface area contributed by atoms with Crippen molar-refractivity contribution < 1.29 is 8.42 Å². The highest BCUT2D eigenvalue weighted by atomic mass is 32.2. The zero-order chi connectivity index (χ0) is 13.2. The van der Waals surface area contributed by atoms with E-state index in [-0.39, 0.29) is 10.4 Å². The molecule has 0 radical (unpaired) electrons. The number of benzene rings is 1. The van der Waals surface area contributed by atoms with E-state index in [1.54, 1.807) is 24.3 Å². The summed E-state index contributed by atoms with van der Waals surface area (Å²) in [6, 6.07) is 6.74. The van der Waals surface area contributed by atoms with Gasteiger partial charge in [-0.15, -0.1) is 0 Å². The summed E-state index contributed by atoms with van der Waals surface area (Å²) in [5, 5.41) is 3.40. The van der Waals surface area contributed by atoms with Gasteiger partial charge in [-0.3, -0.25) is 0 Å². The summed E-state index contributed by atoms with van der Waals surface area (Å²) in [5.41, 5.74) is 6.68. The lowest BCUT2D eigenvalue weighted by Gasteiger charge is -2.42. The van der Waals surface area contributed by atoms with Gasteiger partial charge in [0.2, 0.25) is 10.0 Å². The maximum absolute atomic E-state index is 11.6. The lowest BCUT2D eigenvalue weighted by molar-refractivity contribution is 0.287. The summed E-state index contributed by atoms with van der Waals surface area (Å²) in [6.45, 7) is 0.601. The first-order valence-electron chi connectivity index (χ1n) is 6.03. The van der Waals surface area contributed by atoms with Crippen LogP contribution in [0.5, 0.6) is 0 Å². The van der Waals surface area contributed by atoms with Crippen molar-refractivity contribution in [2.24, 2.45) is 5.73 Å². The zero-order valence-corrected chi connectivity index (χ0v) is 11.3. The first kappa shape index (κ1) is 13.3. The quantitative estimate of drug-likeness (QED) is 0.741. The zero-order valence-electron chi connectivity index (χ0n) is 10.4. The van der Waals surface area contributed by atoms with E-state index in [2.05, 4.69) is 10.0 Å². The van der Waals surface area contributed by atoms with Crippen LogP contribution in [0.4, 0.5) is 5.69 Å². The van der Waals surface area contributed by atoms with E-state index in [1.165, 1.54) is 13.5 Å². The average molecular weight is 269 g/mol. The first-order valence-corrected chi connectivity index (χ1v) is 7.52. The minimum Gasteiger partial charge on any atom is -0.378 e. The Balaban J connectivity index is 2.13. The maximum atomic E-state index is 11.6. The van der Waals surface area contributed by atoms with Gasteiger partial charge in [-0.2, -0.15) is 0 Å². The number of hydrogen-bond acceptors (Lipinski definition) is 4. The van der Waals surface area contributed by atoms with Crippen molar-refractivity contribution in [3.05, 3.63) is 24.3 Å². The molecule has 6 heteroatoms. The predicted molar refractivity (Wildman–Crippen MR) is 71.9 cm³/mol. The highest BCUT2D eigenvalue weighted by Crippen LogP contribution is 2.34. The molecule has 1 aromatic carbocycles. The van der Waals surface area contributed by atoms with Gasteiger partial charge in [-0.05, 0) is 50.6 Å². The highest BCUT2D eigenvalue weighted by molar-refractivity contribution is 7.89.